The molecule has 1 aromatic rings. The molecule has 0 aromatic carbocycles. The van der Waals surface area contributed by atoms with Crippen molar-refractivity contribution in [1.82, 2.24) is 14.9 Å². The molecule has 1 aromatic heterocycles. The molecule has 154 valence electrons. The molecule has 1 atom stereocenters. The van der Waals surface area contributed by atoms with Gasteiger partial charge in [0.15, 0.2) is 0 Å². The Balaban J connectivity index is 1.44. The second kappa shape index (κ2) is 9.21. The van der Waals surface area contributed by atoms with E-state index in [1.54, 1.807) is 0 Å². The van der Waals surface area contributed by atoms with Crippen LogP contribution in [0.25, 0.3) is 0 Å². The summed E-state index contributed by atoms with van der Waals surface area (Å²) in [5.74, 6) is 2.46. The minimum Gasteiger partial charge on any atom is -0.472 e. The van der Waals surface area contributed by atoms with Gasteiger partial charge in [0, 0.05) is 37.8 Å². The lowest BCUT2D eigenvalue weighted by Gasteiger charge is -2.33. The second-order valence-electron chi connectivity index (χ2n) is 8.41. The molecule has 1 amide bonds. The fraction of sp³-hybridized carbons (Fsp3) is 0.773. The van der Waals surface area contributed by atoms with Crippen molar-refractivity contribution in [1.29, 1.82) is 0 Å². The van der Waals surface area contributed by atoms with Gasteiger partial charge < -0.3 is 14.4 Å². The highest BCUT2D eigenvalue weighted by Gasteiger charge is 2.29. The van der Waals surface area contributed by atoms with Crippen LogP contribution >= 0.6 is 0 Å². The smallest absolute Gasteiger partial charge is 0.222 e. The van der Waals surface area contributed by atoms with Gasteiger partial charge in [-0.05, 0) is 31.6 Å². The second-order valence-corrected chi connectivity index (χ2v) is 8.41. The van der Waals surface area contributed by atoms with E-state index in [2.05, 4.69) is 6.92 Å². The zero-order valence-electron chi connectivity index (χ0n) is 17.1. The van der Waals surface area contributed by atoms with Gasteiger partial charge in [-0.15, -0.1) is 0 Å². The van der Waals surface area contributed by atoms with Crippen molar-refractivity contribution in [2.45, 2.75) is 77.2 Å². The molecule has 3 heterocycles. The summed E-state index contributed by atoms with van der Waals surface area (Å²) in [5, 5.41) is 0. The van der Waals surface area contributed by atoms with Crippen LogP contribution in [0.1, 0.15) is 69.0 Å². The molecular formula is C22H33N3O3. The largest absolute Gasteiger partial charge is 0.472 e. The highest BCUT2D eigenvalue weighted by molar-refractivity contribution is 5.76. The Kier molecular flexibility index (Phi) is 6.45. The third-order valence-corrected chi connectivity index (χ3v) is 6.34. The summed E-state index contributed by atoms with van der Waals surface area (Å²) in [7, 11) is 0. The predicted octanol–water partition coefficient (Wildman–Crippen LogP) is 3.10. The summed E-state index contributed by atoms with van der Waals surface area (Å²) in [5.41, 5.74) is 2.17. The molecule has 6 nitrogen and oxygen atoms in total. The first-order valence-electron chi connectivity index (χ1n) is 11.1. The summed E-state index contributed by atoms with van der Waals surface area (Å²) in [6.45, 7) is 5.01. The molecule has 0 spiro atoms. The molecule has 1 unspecified atom stereocenters. The number of nitrogens with zero attached hydrogens (tertiary/aromatic N) is 3. The SMILES string of the molecule is CCc1nc2c(c(OC3CCCN(C(=O)CC4CCCC4)C3)n1)CCOCC2. The maximum Gasteiger partial charge on any atom is 0.222 e. The van der Waals surface area contributed by atoms with Crippen LogP contribution in [0, 0.1) is 5.92 Å². The molecule has 28 heavy (non-hydrogen) atoms. The quantitative estimate of drug-likeness (QED) is 0.777. The number of aryl methyl sites for hydroxylation is 1. The van der Waals surface area contributed by atoms with Crippen LogP contribution in [0.2, 0.25) is 0 Å². The Morgan fingerprint density at radius 2 is 1.96 bits per heavy atom. The molecule has 2 aliphatic heterocycles. The first kappa shape index (κ1) is 19.6. The van der Waals surface area contributed by atoms with Crippen molar-refractivity contribution in [3.05, 3.63) is 17.1 Å². The lowest BCUT2D eigenvalue weighted by atomic mass is 10.0. The minimum absolute atomic E-state index is 0.0224. The zero-order valence-corrected chi connectivity index (χ0v) is 17.1. The predicted molar refractivity (Wildman–Crippen MR) is 106 cm³/mol. The van der Waals surface area contributed by atoms with Crippen LogP contribution in [-0.2, 0) is 28.8 Å². The average molecular weight is 388 g/mol. The lowest BCUT2D eigenvalue weighted by Crippen LogP contribution is -2.45. The summed E-state index contributed by atoms with van der Waals surface area (Å²) >= 11 is 0. The Morgan fingerprint density at radius 3 is 2.79 bits per heavy atom. The van der Waals surface area contributed by atoms with Crippen molar-refractivity contribution >= 4 is 5.91 Å². The van der Waals surface area contributed by atoms with Gasteiger partial charge in [-0.2, -0.15) is 4.98 Å². The molecule has 0 radical (unpaired) electrons. The maximum absolute atomic E-state index is 12.8. The van der Waals surface area contributed by atoms with E-state index in [1.165, 1.54) is 25.7 Å². The van der Waals surface area contributed by atoms with E-state index in [4.69, 9.17) is 19.4 Å². The third-order valence-electron chi connectivity index (χ3n) is 6.34. The highest BCUT2D eigenvalue weighted by Crippen LogP contribution is 2.29. The van der Waals surface area contributed by atoms with Crippen LogP contribution in [0.5, 0.6) is 5.88 Å². The van der Waals surface area contributed by atoms with E-state index >= 15 is 0 Å². The number of carbonyl (C=O) groups is 1. The number of fused-ring (bicyclic) bond motifs is 1. The van der Waals surface area contributed by atoms with Gasteiger partial charge in [-0.3, -0.25) is 4.79 Å². The van der Waals surface area contributed by atoms with Gasteiger partial charge in [0.1, 0.15) is 11.9 Å². The van der Waals surface area contributed by atoms with Crippen molar-refractivity contribution < 1.29 is 14.3 Å². The van der Waals surface area contributed by atoms with E-state index in [1.807, 2.05) is 4.90 Å². The van der Waals surface area contributed by atoms with Crippen LogP contribution in [0.3, 0.4) is 0 Å². The van der Waals surface area contributed by atoms with Gasteiger partial charge in [-0.25, -0.2) is 4.98 Å². The van der Waals surface area contributed by atoms with Crippen molar-refractivity contribution in [2.75, 3.05) is 26.3 Å². The van der Waals surface area contributed by atoms with Crippen LogP contribution < -0.4 is 4.74 Å². The first-order chi connectivity index (χ1) is 13.7. The topological polar surface area (TPSA) is 64.5 Å². The van der Waals surface area contributed by atoms with E-state index in [0.717, 1.165) is 61.6 Å². The number of rotatable bonds is 5. The highest BCUT2D eigenvalue weighted by atomic mass is 16.5. The Labute approximate surface area is 168 Å². The van der Waals surface area contributed by atoms with E-state index in [0.29, 0.717) is 38.0 Å². The van der Waals surface area contributed by atoms with Crippen molar-refractivity contribution in [2.24, 2.45) is 5.92 Å². The van der Waals surface area contributed by atoms with E-state index < -0.39 is 0 Å². The molecule has 2 fully saturated rings. The van der Waals surface area contributed by atoms with Gasteiger partial charge in [-0.1, -0.05) is 19.8 Å². The molecule has 0 N–H and O–H groups in total. The Hall–Kier alpha value is -1.69. The maximum atomic E-state index is 12.8. The minimum atomic E-state index is 0.0224. The van der Waals surface area contributed by atoms with Gasteiger partial charge in [0.2, 0.25) is 11.8 Å². The number of amides is 1. The fourth-order valence-electron chi connectivity index (χ4n) is 4.72. The molecule has 1 saturated heterocycles. The van der Waals surface area contributed by atoms with Crippen LogP contribution in [0.4, 0.5) is 0 Å². The van der Waals surface area contributed by atoms with E-state index in [9.17, 15) is 4.79 Å². The molecule has 3 aliphatic rings. The van der Waals surface area contributed by atoms with Gasteiger partial charge in [0.05, 0.1) is 25.5 Å². The molecule has 6 heteroatoms. The third kappa shape index (κ3) is 4.65. The van der Waals surface area contributed by atoms with Gasteiger partial charge >= 0.3 is 0 Å². The lowest BCUT2D eigenvalue weighted by molar-refractivity contribution is -0.134. The number of likely N-dealkylation sites (tertiary alicyclic amines) is 1. The standard InChI is InChI=1S/C22H33N3O3/c1-2-20-23-19-10-13-27-12-9-18(19)22(24-20)28-17-8-5-11-25(15-17)21(26)14-16-6-3-4-7-16/h16-17H,2-15H2,1H3. The molecular weight excluding hydrogens is 354 g/mol. The number of hydrogen-bond acceptors (Lipinski definition) is 5. The first-order valence-corrected chi connectivity index (χ1v) is 11.1. The Morgan fingerprint density at radius 1 is 1.14 bits per heavy atom. The summed E-state index contributed by atoms with van der Waals surface area (Å²) in [4.78, 5) is 24.2. The monoisotopic (exact) mass is 387 g/mol. The zero-order chi connectivity index (χ0) is 19.3. The number of aromatic nitrogens is 2. The summed E-state index contributed by atoms with van der Waals surface area (Å²) in [6.07, 6.45) is 10.1. The molecule has 0 bridgehead atoms. The summed E-state index contributed by atoms with van der Waals surface area (Å²) < 4.78 is 12.0. The number of hydrogen-bond donors (Lipinski definition) is 0. The van der Waals surface area contributed by atoms with E-state index in [-0.39, 0.29) is 6.10 Å². The average Bonchev–Trinajstić information content (AvgIpc) is 3.10. The van der Waals surface area contributed by atoms with Crippen molar-refractivity contribution in [3.8, 4) is 5.88 Å². The Bertz CT molecular complexity index is 688. The molecule has 1 aliphatic carbocycles. The fourth-order valence-corrected chi connectivity index (χ4v) is 4.72. The normalized spacial score (nSPS) is 23.3. The summed E-state index contributed by atoms with van der Waals surface area (Å²) in [6, 6.07) is 0. The molecule has 4 rings (SSSR count). The number of piperidine rings is 1. The van der Waals surface area contributed by atoms with Crippen LogP contribution in [0.15, 0.2) is 0 Å². The van der Waals surface area contributed by atoms with Crippen molar-refractivity contribution in [3.63, 3.8) is 0 Å². The number of carbonyl (C=O) groups excluding carboxylic acids is 1. The molecule has 1 saturated carbocycles. The van der Waals surface area contributed by atoms with Gasteiger partial charge in [0.25, 0.3) is 0 Å². The number of ether oxygens (including phenoxy) is 2. The van der Waals surface area contributed by atoms with Crippen LogP contribution in [-0.4, -0.2) is 53.2 Å².